The second kappa shape index (κ2) is 5.54. The van der Waals surface area contributed by atoms with E-state index < -0.39 is 0 Å². The van der Waals surface area contributed by atoms with E-state index in [9.17, 15) is 9.59 Å². The van der Waals surface area contributed by atoms with Crippen molar-refractivity contribution >= 4 is 29.1 Å². The van der Waals surface area contributed by atoms with Crippen LogP contribution < -0.4 is 4.90 Å². The van der Waals surface area contributed by atoms with Crippen LogP contribution in [0.25, 0.3) is 0 Å². The standard InChI is InChI=1S/C15H17ClN2O2/c16-11-6-2-3-7-12(11)18-14(19)10-13(15(18)20)17-8-4-1-5-9-17/h2-3,6-7,13H,1,4-5,8-10H2/t13-/m1/s1. The molecule has 0 spiro atoms. The number of anilines is 1. The first-order valence-electron chi connectivity index (χ1n) is 7.04. The molecule has 5 heteroatoms. The predicted octanol–water partition coefficient (Wildman–Crippen LogP) is 2.46. The second-order valence-electron chi connectivity index (χ2n) is 5.34. The summed E-state index contributed by atoms with van der Waals surface area (Å²) in [6.45, 7) is 1.81. The van der Waals surface area contributed by atoms with E-state index in [4.69, 9.17) is 11.6 Å². The molecular weight excluding hydrogens is 276 g/mol. The third kappa shape index (κ3) is 2.34. The van der Waals surface area contributed by atoms with Crippen molar-refractivity contribution in [2.45, 2.75) is 31.7 Å². The van der Waals surface area contributed by atoms with E-state index in [1.807, 2.05) is 0 Å². The van der Waals surface area contributed by atoms with Crippen LogP contribution in [0.15, 0.2) is 24.3 Å². The summed E-state index contributed by atoms with van der Waals surface area (Å²) in [4.78, 5) is 28.2. The van der Waals surface area contributed by atoms with Crippen molar-refractivity contribution in [3.05, 3.63) is 29.3 Å². The number of rotatable bonds is 2. The Balaban J connectivity index is 1.85. The summed E-state index contributed by atoms with van der Waals surface area (Å²) in [6, 6.07) is 6.69. The van der Waals surface area contributed by atoms with Crippen molar-refractivity contribution in [2.75, 3.05) is 18.0 Å². The summed E-state index contributed by atoms with van der Waals surface area (Å²) in [7, 11) is 0. The van der Waals surface area contributed by atoms with E-state index in [2.05, 4.69) is 4.90 Å². The van der Waals surface area contributed by atoms with Gasteiger partial charge in [0.1, 0.15) is 0 Å². The smallest absolute Gasteiger partial charge is 0.251 e. The molecule has 20 heavy (non-hydrogen) atoms. The number of para-hydroxylation sites is 1. The highest BCUT2D eigenvalue weighted by Gasteiger charge is 2.43. The molecule has 2 heterocycles. The van der Waals surface area contributed by atoms with Gasteiger partial charge in [0.2, 0.25) is 5.91 Å². The van der Waals surface area contributed by atoms with Crippen LogP contribution in [-0.4, -0.2) is 35.8 Å². The van der Waals surface area contributed by atoms with Crippen molar-refractivity contribution in [3.8, 4) is 0 Å². The number of benzene rings is 1. The van der Waals surface area contributed by atoms with E-state index in [0.717, 1.165) is 25.9 Å². The van der Waals surface area contributed by atoms with Crippen molar-refractivity contribution < 1.29 is 9.59 Å². The van der Waals surface area contributed by atoms with Gasteiger partial charge in [0.25, 0.3) is 5.91 Å². The molecular formula is C15H17ClN2O2. The lowest BCUT2D eigenvalue weighted by Gasteiger charge is -2.30. The lowest BCUT2D eigenvalue weighted by atomic mass is 10.1. The summed E-state index contributed by atoms with van der Waals surface area (Å²) >= 11 is 6.11. The first-order chi connectivity index (χ1) is 9.68. The van der Waals surface area contributed by atoms with Gasteiger partial charge >= 0.3 is 0 Å². The molecule has 0 aliphatic carbocycles. The minimum absolute atomic E-state index is 0.134. The Labute approximate surface area is 123 Å². The molecule has 0 saturated carbocycles. The van der Waals surface area contributed by atoms with Crippen LogP contribution in [0.5, 0.6) is 0 Å². The largest absolute Gasteiger partial charge is 0.292 e. The molecule has 2 aliphatic rings. The monoisotopic (exact) mass is 292 g/mol. The molecule has 0 bridgehead atoms. The number of hydrogen-bond acceptors (Lipinski definition) is 3. The third-order valence-corrected chi connectivity index (χ3v) is 4.37. The second-order valence-corrected chi connectivity index (χ2v) is 5.74. The summed E-state index contributed by atoms with van der Waals surface area (Å²) in [6.07, 6.45) is 3.68. The summed E-state index contributed by atoms with van der Waals surface area (Å²) in [5.41, 5.74) is 0.503. The molecule has 1 aromatic carbocycles. The quantitative estimate of drug-likeness (QED) is 0.786. The SMILES string of the molecule is O=C1C[C@@H](N2CCCCC2)C(=O)N1c1ccccc1Cl. The van der Waals surface area contributed by atoms with Gasteiger partial charge in [-0.05, 0) is 38.1 Å². The number of halogens is 1. The van der Waals surface area contributed by atoms with Crippen LogP contribution in [0.1, 0.15) is 25.7 Å². The molecule has 0 N–H and O–H groups in total. The first kappa shape index (κ1) is 13.6. The van der Waals surface area contributed by atoms with Gasteiger partial charge in [0, 0.05) is 0 Å². The maximum atomic E-state index is 12.6. The van der Waals surface area contributed by atoms with Crippen LogP contribution in [0.2, 0.25) is 5.02 Å². The first-order valence-corrected chi connectivity index (χ1v) is 7.41. The number of likely N-dealkylation sites (tertiary alicyclic amines) is 1. The van der Waals surface area contributed by atoms with Crippen molar-refractivity contribution in [1.82, 2.24) is 4.90 Å². The van der Waals surface area contributed by atoms with Gasteiger partial charge < -0.3 is 0 Å². The normalized spacial score (nSPS) is 24.4. The Bertz CT molecular complexity index is 540. The predicted molar refractivity (Wildman–Crippen MR) is 77.8 cm³/mol. The fourth-order valence-corrected chi connectivity index (χ4v) is 3.24. The number of nitrogens with zero attached hydrogens (tertiary/aromatic N) is 2. The van der Waals surface area contributed by atoms with Gasteiger partial charge in [-0.3, -0.25) is 14.5 Å². The highest BCUT2D eigenvalue weighted by molar-refractivity contribution is 6.36. The molecule has 2 aliphatic heterocycles. The summed E-state index contributed by atoms with van der Waals surface area (Å²) in [5, 5.41) is 0.438. The van der Waals surface area contributed by atoms with Gasteiger partial charge in [0.05, 0.1) is 23.2 Å². The zero-order valence-electron chi connectivity index (χ0n) is 11.2. The summed E-state index contributed by atoms with van der Waals surface area (Å²) in [5.74, 6) is -0.288. The zero-order valence-corrected chi connectivity index (χ0v) is 12.0. The molecule has 3 rings (SSSR count). The number of piperidine rings is 1. The lowest BCUT2D eigenvalue weighted by Crippen LogP contribution is -2.44. The number of carbonyl (C=O) groups excluding carboxylic acids is 2. The van der Waals surface area contributed by atoms with E-state index in [1.54, 1.807) is 24.3 Å². The third-order valence-electron chi connectivity index (χ3n) is 4.05. The molecule has 2 amide bonds. The minimum Gasteiger partial charge on any atom is -0.292 e. The Morgan fingerprint density at radius 3 is 2.45 bits per heavy atom. The Morgan fingerprint density at radius 1 is 1.05 bits per heavy atom. The molecule has 2 saturated heterocycles. The molecule has 0 aromatic heterocycles. The Morgan fingerprint density at radius 2 is 1.75 bits per heavy atom. The number of amides is 2. The highest BCUT2D eigenvalue weighted by Crippen LogP contribution is 2.31. The van der Waals surface area contributed by atoms with E-state index >= 15 is 0 Å². The Hall–Kier alpha value is -1.39. The fourth-order valence-electron chi connectivity index (χ4n) is 3.02. The van der Waals surface area contributed by atoms with Crippen molar-refractivity contribution in [1.29, 1.82) is 0 Å². The fraction of sp³-hybridized carbons (Fsp3) is 0.467. The van der Waals surface area contributed by atoms with Crippen LogP contribution in [-0.2, 0) is 9.59 Å². The van der Waals surface area contributed by atoms with Crippen LogP contribution >= 0.6 is 11.6 Å². The summed E-state index contributed by atoms with van der Waals surface area (Å²) < 4.78 is 0. The molecule has 106 valence electrons. The van der Waals surface area contributed by atoms with E-state index in [-0.39, 0.29) is 24.3 Å². The maximum absolute atomic E-state index is 12.6. The number of hydrogen-bond donors (Lipinski definition) is 0. The van der Waals surface area contributed by atoms with Crippen LogP contribution in [0.4, 0.5) is 5.69 Å². The van der Waals surface area contributed by atoms with Gasteiger partial charge in [-0.2, -0.15) is 0 Å². The topological polar surface area (TPSA) is 40.6 Å². The average Bonchev–Trinajstić information content (AvgIpc) is 2.76. The van der Waals surface area contributed by atoms with Gasteiger partial charge in [-0.25, -0.2) is 4.90 Å². The average molecular weight is 293 g/mol. The van der Waals surface area contributed by atoms with Crippen molar-refractivity contribution in [2.24, 2.45) is 0 Å². The minimum atomic E-state index is -0.306. The number of imide groups is 1. The molecule has 0 radical (unpaired) electrons. The molecule has 4 nitrogen and oxygen atoms in total. The molecule has 2 fully saturated rings. The highest BCUT2D eigenvalue weighted by atomic mass is 35.5. The molecule has 1 atom stereocenters. The number of carbonyl (C=O) groups is 2. The van der Waals surface area contributed by atoms with Crippen LogP contribution in [0.3, 0.4) is 0 Å². The van der Waals surface area contributed by atoms with Crippen molar-refractivity contribution in [3.63, 3.8) is 0 Å². The zero-order chi connectivity index (χ0) is 14.1. The molecule has 1 aromatic rings. The van der Waals surface area contributed by atoms with Gasteiger partial charge in [0.15, 0.2) is 0 Å². The van der Waals surface area contributed by atoms with Crippen LogP contribution in [0, 0.1) is 0 Å². The molecule has 0 unspecified atom stereocenters. The van der Waals surface area contributed by atoms with Gasteiger partial charge in [-0.15, -0.1) is 0 Å². The van der Waals surface area contributed by atoms with Gasteiger partial charge in [-0.1, -0.05) is 30.2 Å². The Kier molecular flexibility index (Phi) is 3.76. The maximum Gasteiger partial charge on any atom is 0.251 e. The van der Waals surface area contributed by atoms with E-state index in [0.29, 0.717) is 10.7 Å². The van der Waals surface area contributed by atoms with E-state index in [1.165, 1.54) is 11.3 Å². The lowest BCUT2D eigenvalue weighted by molar-refractivity contribution is -0.123.